The molecule has 0 spiro atoms. The van der Waals surface area contributed by atoms with Gasteiger partial charge in [-0.2, -0.15) is 0 Å². The lowest BCUT2D eigenvalue weighted by Gasteiger charge is -2.20. The Labute approximate surface area is 234 Å². The third-order valence-corrected chi connectivity index (χ3v) is 6.68. The average Bonchev–Trinajstić information content (AvgIpc) is 3.34. The largest absolute Gasteiger partial charge is 0.461 e. The maximum Gasteiger partial charge on any atom is 0.412 e. The molecule has 0 unspecified atom stereocenters. The van der Waals surface area contributed by atoms with E-state index in [0.717, 1.165) is 15.4 Å². The fourth-order valence-corrected chi connectivity index (χ4v) is 4.95. The number of aromatic nitrogens is 2. The molecular weight excluding hydrogens is 574 g/mol. The number of hydrogen-bond donors (Lipinski definition) is 1. The molecule has 0 aliphatic rings. The molecule has 0 radical (unpaired) electrons. The van der Waals surface area contributed by atoms with E-state index in [9.17, 15) is 9.59 Å². The molecule has 2 aromatic carbocycles. The van der Waals surface area contributed by atoms with Crippen LogP contribution in [0.5, 0.6) is 0 Å². The van der Waals surface area contributed by atoms with Gasteiger partial charge >= 0.3 is 12.1 Å². The molecular formula is C28H29BrClN3O5. The molecule has 4 rings (SSSR count). The minimum Gasteiger partial charge on any atom is -0.461 e. The normalized spacial score (nSPS) is 11.6. The van der Waals surface area contributed by atoms with Crippen LogP contribution in [0.15, 0.2) is 51.4 Å². The molecule has 0 saturated heterocycles. The zero-order chi connectivity index (χ0) is 27.6. The lowest BCUT2D eigenvalue weighted by Crippen LogP contribution is -2.27. The molecule has 0 atom stereocenters. The van der Waals surface area contributed by atoms with E-state index in [1.807, 2.05) is 64.1 Å². The number of furan rings is 1. The van der Waals surface area contributed by atoms with Crippen molar-refractivity contribution in [3.63, 3.8) is 0 Å². The number of aryl methyl sites for hydroxylation is 1. The summed E-state index contributed by atoms with van der Waals surface area (Å²) in [6, 6.07) is 13.1. The highest BCUT2D eigenvalue weighted by Crippen LogP contribution is 2.41. The summed E-state index contributed by atoms with van der Waals surface area (Å²) in [6.07, 6.45) is 0.0464. The third-order valence-electron chi connectivity index (χ3n) is 5.63. The first-order valence-corrected chi connectivity index (χ1v) is 13.4. The summed E-state index contributed by atoms with van der Waals surface area (Å²) >= 11 is 10.0. The second-order valence-electron chi connectivity index (χ2n) is 9.58. The molecule has 0 aliphatic carbocycles. The predicted molar refractivity (Wildman–Crippen MR) is 151 cm³/mol. The van der Waals surface area contributed by atoms with Crippen LogP contribution in [0.2, 0.25) is 5.15 Å². The average molecular weight is 603 g/mol. The van der Waals surface area contributed by atoms with Crippen molar-refractivity contribution in [2.45, 2.75) is 53.2 Å². The number of benzene rings is 2. The van der Waals surface area contributed by atoms with Crippen LogP contribution in [0.3, 0.4) is 0 Å². The molecule has 2 heterocycles. The van der Waals surface area contributed by atoms with E-state index in [1.165, 1.54) is 0 Å². The Morgan fingerprint density at radius 3 is 2.58 bits per heavy atom. The van der Waals surface area contributed by atoms with E-state index >= 15 is 0 Å². The molecule has 4 aromatic rings. The zero-order valence-corrected chi connectivity index (χ0v) is 24.2. The molecule has 38 heavy (non-hydrogen) atoms. The van der Waals surface area contributed by atoms with Gasteiger partial charge in [0.25, 0.3) is 0 Å². The lowest BCUT2D eigenvalue weighted by atomic mass is 10.1. The van der Waals surface area contributed by atoms with E-state index in [-0.39, 0.29) is 17.5 Å². The maximum absolute atomic E-state index is 12.6. The number of amides is 1. The van der Waals surface area contributed by atoms with Crippen molar-refractivity contribution in [1.82, 2.24) is 9.55 Å². The minimum absolute atomic E-state index is 0.127. The minimum atomic E-state index is -0.625. The summed E-state index contributed by atoms with van der Waals surface area (Å²) in [4.78, 5) is 29.4. The van der Waals surface area contributed by atoms with Crippen LogP contribution in [0, 0.1) is 0 Å². The van der Waals surface area contributed by atoms with E-state index in [1.54, 1.807) is 17.6 Å². The van der Waals surface area contributed by atoms with Crippen LogP contribution in [0.1, 0.15) is 56.5 Å². The smallest absolute Gasteiger partial charge is 0.412 e. The number of nitrogens with zero attached hydrogens (tertiary/aromatic N) is 2. The van der Waals surface area contributed by atoms with E-state index in [4.69, 9.17) is 25.5 Å². The number of imidazole rings is 1. The summed E-state index contributed by atoms with van der Waals surface area (Å²) in [5.74, 6) is 0.745. The summed E-state index contributed by atoms with van der Waals surface area (Å²) < 4.78 is 19.3. The molecule has 0 saturated carbocycles. The van der Waals surface area contributed by atoms with Crippen LogP contribution in [-0.4, -0.2) is 33.8 Å². The van der Waals surface area contributed by atoms with Gasteiger partial charge in [-0.1, -0.05) is 36.7 Å². The SMILES string of the molecule is CCOC(=O)c1c(Cl)nc(CC)n1Cc1ccc2oc(-c3ccccc3NC(=O)OC(C)(C)C)c(Br)c2c1. The van der Waals surface area contributed by atoms with Crippen molar-refractivity contribution in [3.05, 3.63) is 69.2 Å². The first kappa shape index (κ1) is 27.7. The van der Waals surface area contributed by atoms with Gasteiger partial charge in [-0.15, -0.1) is 0 Å². The van der Waals surface area contributed by atoms with Gasteiger partial charge < -0.3 is 18.5 Å². The maximum atomic E-state index is 12.6. The molecule has 0 aliphatic heterocycles. The molecule has 10 heteroatoms. The molecule has 0 fully saturated rings. The number of anilines is 1. The van der Waals surface area contributed by atoms with Gasteiger partial charge in [-0.25, -0.2) is 14.6 Å². The van der Waals surface area contributed by atoms with Gasteiger partial charge in [0, 0.05) is 23.9 Å². The summed E-state index contributed by atoms with van der Waals surface area (Å²) in [5, 5.41) is 3.78. The van der Waals surface area contributed by atoms with Gasteiger partial charge in [0.2, 0.25) is 0 Å². The number of para-hydroxylation sites is 1. The quantitative estimate of drug-likeness (QED) is 0.217. The van der Waals surface area contributed by atoms with Crippen molar-refractivity contribution in [1.29, 1.82) is 0 Å². The highest BCUT2D eigenvalue weighted by atomic mass is 79.9. The Balaban J connectivity index is 1.70. The summed E-state index contributed by atoms with van der Waals surface area (Å²) in [6.45, 7) is 9.74. The fraction of sp³-hybridized carbons (Fsp3) is 0.321. The van der Waals surface area contributed by atoms with Crippen LogP contribution >= 0.6 is 27.5 Å². The third kappa shape index (κ3) is 5.89. The number of rotatable bonds is 7. The monoisotopic (exact) mass is 601 g/mol. The zero-order valence-electron chi connectivity index (χ0n) is 21.9. The first-order valence-electron chi connectivity index (χ1n) is 12.2. The molecule has 200 valence electrons. The number of carbonyl (C=O) groups excluding carboxylic acids is 2. The standard InChI is InChI=1S/C28H29BrClN3O5/c1-6-21-32-25(30)23(26(34)36-7-2)33(21)15-16-12-13-20-18(14-16)22(29)24(37-20)17-10-8-9-11-19(17)31-27(35)38-28(3,4)5/h8-14H,6-7,15H2,1-5H3,(H,31,35). The van der Waals surface area contributed by atoms with Gasteiger partial charge in [0.15, 0.2) is 16.6 Å². The molecule has 1 amide bonds. The van der Waals surface area contributed by atoms with Crippen molar-refractivity contribution in [2.75, 3.05) is 11.9 Å². The Bertz CT molecular complexity index is 1500. The Morgan fingerprint density at radius 2 is 1.89 bits per heavy atom. The lowest BCUT2D eigenvalue weighted by molar-refractivity contribution is 0.0513. The van der Waals surface area contributed by atoms with Crippen molar-refractivity contribution in [2.24, 2.45) is 0 Å². The van der Waals surface area contributed by atoms with Crippen molar-refractivity contribution < 1.29 is 23.5 Å². The molecule has 8 nitrogen and oxygen atoms in total. The number of esters is 1. The number of ether oxygens (including phenoxy) is 2. The Hall–Kier alpha value is -3.30. The van der Waals surface area contributed by atoms with Crippen LogP contribution in [0.4, 0.5) is 10.5 Å². The summed E-state index contributed by atoms with van der Waals surface area (Å²) in [5.41, 5.74) is 2.44. The van der Waals surface area contributed by atoms with Crippen LogP contribution in [-0.2, 0) is 22.4 Å². The molecule has 1 N–H and O–H groups in total. The topological polar surface area (TPSA) is 95.6 Å². The molecule has 2 aromatic heterocycles. The van der Waals surface area contributed by atoms with Gasteiger partial charge in [-0.3, -0.25) is 5.32 Å². The number of halogens is 2. The number of hydrogen-bond acceptors (Lipinski definition) is 6. The predicted octanol–water partition coefficient (Wildman–Crippen LogP) is 7.85. The highest BCUT2D eigenvalue weighted by molar-refractivity contribution is 9.10. The summed E-state index contributed by atoms with van der Waals surface area (Å²) in [7, 11) is 0. The second-order valence-corrected chi connectivity index (χ2v) is 10.7. The Kier molecular flexibility index (Phi) is 8.18. The number of nitrogens with one attached hydrogen (secondary N) is 1. The first-order chi connectivity index (χ1) is 18.0. The van der Waals surface area contributed by atoms with Crippen molar-refractivity contribution in [3.8, 4) is 11.3 Å². The number of carbonyl (C=O) groups is 2. The van der Waals surface area contributed by atoms with Crippen LogP contribution in [0.25, 0.3) is 22.3 Å². The number of fused-ring (bicyclic) bond motifs is 1. The van der Waals surface area contributed by atoms with E-state index < -0.39 is 17.7 Å². The molecule has 0 bridgehead atoms. The van der Waals surface area contributed by atoms with Gasteiger partial charge in [0.1, 0.15) is 17.0 Å². The highest BCUT2D eigenvalue weighted by Gasteiger charge is 2.24. The van der Waals surface area contributed by atoms with E-state index in [0.29, 0.717) is 41.4 Å². The van der Waals surface area contributed by atoms with Crippen molar-refractivity contribution >= 4 is 56.3 Å². The van der Waals surface area contributed by atoms with Gasteiger partial charge in [0.05, 0.1) is 16.8 Å². The van der Waals surface area contributed by atoms with E-state index in [2.05, 4.69) is 26.2 Å². The Morgan fingerprint density at radius 1 is 1.16 bits per heavy atom. The fourth-order valence-electron chi connectivity index (χ4n) is 4.07. The van der Waals surface area contributed by atoms with Crippen LogP contribution < -0.4 is 5.32 Å². The second kappa shape index (κ2) is 11.2. The van der Waals surface area contributed by atoms with Gasteiger partial charge in [-0.05, 0) is 73.5 Å².